The van der Waals surface area contributed by atoms with Crippen molar-refractivity contribution in [3.05, 3.63) is 48.7 Å². The minimum atomic E-state index is 0.514. The van der Waals surface area contributed by atoms with Crippen molar-refractivity contribution in [1.82, 2.24) is 9.88 Å². The van der Waals surface area contributed by atoms with Gasteiger partial charge in [0.15, 0.2) is 0 Å². The van der Waals surface area contributed by atoms with Gasteiger partial charge in [0.2, 0.25) is 0 Å². The van der Waals surface area contributed by atoms with Gasteiger partial charge in [0.25, 0.3) is 0 Å². The first-order valence-corrected chi connectivity index (χ1v) is 6.63. The number of aryl methyl sites for hydroxylation is 1. The number of nitrogens with zero attached hydrogens (tertiary/aromatic N) is 1. The number of rotatable bonds is 6. The number of hydrogen-bond donors (Lipinski definition) is 1. The number of nitrogens with one attached hydrogen (secondary N) is 1. The highest BCUT2D eigenvalue weighted by molar-refractivity contribution is 5.83. The van der Waals surface area contributed by atoms with Gasteiger partial charge in [0, 0.05) is 36.2 Å². The molecule has 0 atom stereocenters. The second kappa shape index (κ2) is 5.87. The van der Waals surface area contributed by atoms with Crippen LogP contribution in [0.15, 0.2) is 43.1 Å². The minimum absolute atomic E-state index is 0.514. The monoisotopic (exact) mass is 242 g/mol. The third-order valence-electron chi connectivity index (χ3n) is 3.15. The van der Waals surface area contributed by atoms with Crippen LogP contribution in [0.1, 0.15) is 25.8 Å². The van der Waals surface area contributed by atoms with Crippen LogP contribution in [0, 0.1) is 0 Å². The van der Waals surface area contributed by atoms with E-state index in [-0.39, 0.29) is 0 Å². The van der Waals surface area contributed by atoms with Crippen LogP contribution >= 0.6 is 0 Å². The van der Waals surface area contributed by atoms with Crippen molar-refractivity contribution >= 4 is 10.9 Å². The normalized spacial score (nSPS) is 11.3. The minimum Gasteiger partial charge on any atom is -0.347 e. The molecule has 0 saturated heterocycles. The maximum absolute atomic E-state index is 3.80. The van der Waals surface area contributed by atoms with E-state index in [4.69, 9.17) is 0 Å². The Kier molecular flexibility index (Phi) is 4.21. The van der Waals surface area contributed by atoms with Crippen LogP contribution in [-0.4, -0.2) is 10.6 Å². The molecule has 0 saturated carbocycles. The van der Waals surface area contributed by atoms with Gasteiger partial charge >= 0.3 is 0 Å². The van der Waals surface area contributed by atoms with Gasteiger partial charge in [-0.3, -0.25) is 0 Å². The molecule has 0 aliphatic heterocycles. The Bertz CT molecular complexity index is 523. The second-order valence-electron chi connectivity index (χ2n) is 4.98. The van der Waals surface area contributed by atoms with Crippen molar-refractivity contribution in [2.75, 3.05) is 0 Å². The third-order valence-corrected chi connectivity index (χ3v) is 3.15. The number of fused-ring (bicyclic) bond motifs is 1. The van der Waals surface area contributed by atoms with E-state index in [1.54, 1.807) is 0 Å². The van der Waals surface area contributed by atoms with E-state index < -0.39 is 0 Å². The highest BCUT2D eigenvalue weighted by atomic mass is 15.0. The van der Waals surface area contributed by atoms with Crippen molar-refractivity contribution in [1.29, 1.82) is 0 Å². The summed E-state index contributed by atoms with van der Waals surface area (Å²) in [5, 5.41) is 4.85. The first kappa shape index (κ1) is 12.9. The Morgan fingerprint density at radius 1 is 1.33 bits per heavy atom. The van der Waals surface area contributed by atoms with Crippen molar-refractivity contribution in [3.8, 4) is 0 Å². The van der Waals surface area contributed by atoms with Crippen LogP contribution in [0.5, 0.6) is 0 Å². The van der Waals surface area contributed by atoms with Gasteiger partial charge in [0.1, 0.15) is 0 Å². The molecular weight excluding hydrogens is 220 g/mol. The number of allylic oxidation sites excluding steroid dienone is 1. The van der Waals surface area contributed by atoms with Gasteiger partial charge in [-0.2, -0.15) is 0 Å². The molecule has 18 heavy (non-hydrogen) atoms. The Labute approximate surface area is 109 Å². The summed E-state index contributed by atoms with van der Waals surface area (Å²) in [7, 11) is 0. The zero-order valence-electron chi connectivity index (χ0n) is 11.3. The molecule has 0 aliphatic carbocycles. The van der Waals surface area contributed by atoms with Crippen LogP contribution in [0.3, 0.4) is 0 Å². The van der Waals surface area contributed by atoms with Crippen LogP contribution in [0.2, 0.25) is 0 Å². The highest BCUT2D eigenvalue weighted by Crippen LogP contribution is 2.21. The van der Waals surface area contributed by atoms with Gasteiger partial charge in [-0.25, -0.2) is 0 Å². The summed E-state index contributed by atoms with van der Waals surface area (Å²) in [6.07, 6.45) is 5.25. The first-order chi connectivity index (χ1) is 8.72. The van der Waals surface area contributed by atoms with Crippen molar-refractivity contribution in [2.45, 2.75) is 39.4 Å². The highest BCUT2D eigenvalue weighted by Gasteiger charge is 2.07. The third kappa shape index (κ3) is 2.82. The first-order valence-electron chi connectivity index (χ1n) is 6.63. The summed E-state index contributed by atoms with van der Waals surface area (Å²) < 4.78 is 2.33. The summed E-state index contributed by atoms with van der Waals surface area (Å²) in [5.74, 6) is 0. The van der Waals surface area contributed by atoms with E-state index in [2.05, 4.69) is 60.8 Å². The molecule has 0 radical (unpaired) electrons. The van der Waals surface area contributed by atoms with E-state index in [1.165, 1.54) is 16.5 Å². The molecule has 0 unspecified atom stereocenters. The van der Waals surface area contributed by atoms with Gasteiger partial charge in [-0.05, 0) is 18.1 Å². The molecule has 0 bridgehead atoms. The molecule has 2 rings (SSSR count). The molecule has 1 aromatic heterocycles. The molecule has 2 aromatic rings. The zero-order valence-corrected chi connectivity index (χ0v) is 11.3. The molecule has 0 amide bonds. The van der Waals surface area contributed by atoms with E-state index in [0.717, 1.165) is 19.5 Å². The van der Waals surface area contributed by atoms with Crippen LogP contribution < -0.4 is 5.32 Å². The summed E-state index contributed by atoms with van der Waals surface area (Å²) >= 11 is 0. The molecule has 2 nitrogen and oxygen atoms in total. The van der Waals surface area contributed by atoms with Crippen molar-refractivity contribution < 1.29 is 0 Å². The molecule has 0 fully saturated rings. The lowest BCUT2D eigenvalue weighted by atomic mass is 10.2. The summed E-state index contributed by atoms with van der Waals surface area (Å²) in [6.45, 7) is 10.1. The summed E-state index contributed by atoms with van der Waals surface area (Å²) in [5.41, 5.74) is 2.70. The summed E-state index contributed by atoms with van der Waals surface area (Å²) in [4.78, 5) is 0. The zero-order chi connectivity index (χ0) is 13.0. The quantitative estimate of drug-likeness (QED) is 0.764. The molecule has 1 N–H and O–H groups in total. The van der Waals surface area contributed by atoms with Gasteiger partial charge < -0.3 is 9.88 Å². The molecule has 0 aliphatic rings. The van der Waals surface area contributed by atoms with Crippen molar-refractivity contribution in [2.24, 2.45) is 0 Å². The topological polar surface area (TPSA) is 17.0 Å². The number of hydrogen-bond acceptors (Lipinski definition) is 1. The average Bonchev–Trinajstić information content (AvgIpc) is 2.72. The summed E-state index contributed by atoms with van der Waals surface area (Å²) in [6, 6.07) is 9.13. The molecule has 1 heterocycles. The van der Waals surface area contributed by atoms with Crippen LogP contribution in [-0.2, 0) is 13.1 Å². The Hall–Kier alpha value is -1.54. The Balaban J connectivity index is 2.31. The fourth-order valence-electron chi connectivity index (χ4n) is 2.19. The largest absolute Gasteiger partial charge is 0.347 e. The predicted octanol–water partition coefficient (Wildman–Crippen LogP) is 3.72. The van der Waals surface area contributed by atoms with E-state index in [0.29, 0.717) is 6.04 Å². The van der Waals surface area contributed by atoms with E-state index in [9.17, 15) is 0 Å². The van der Waals surface area contributed by atoms with E-state index in [1.807, 2.05) is 6.08 Å². The predicted molar refractivity (Wildman–Crippen MR) is 78.7 cm³/mol. The lowest BCUT2D eigenvalue weighted by Crippen LogP contribution is -2.21. The molecule has 2 heteroatoms. The van der Waals surface area contributed by atoms with Crippen LogP contribution in [0.25, 0.3) is 10.9 Å². The van der Waals surface area contributed by atoms with Crippen molar-refractivity contribution in [3.63, 3.8) is 0 Å². The Morgan fingerprint density at radius 3 is 2.83 bits per heavy atom. The van der Waals surface area contributed by atoms with Gasteiger partial charge in [0.05, 0.1) is 0 Å². The second-order valence-corrected chi connectivity index (χ2v) is 4.98. The van der Waals surface area contributed by atoms with Gasteiger partial charge in [-0.1, -0.05) is 38.1 Å². The number of para-hydroxylation sites is 1. The van der Waals surface area contributed by atoms with Crippen LogP contribution in [0.4, 0.5) is 0 Å². The molecular formula is C16H22N2. The molecule has 96 valence electrons. The van der Waals surface area contributed by atoms with E-state index >= 15 is 0 Å². The lowest BCUT2D eigenvalue weighted by molar-refractivity contribution is 0.589. The smallest absolute Gasteiger partial charge is 0.0483 e. The fraction of sp³-hybridized carbons (Fsp3) is 0.375. The fourth-order valence-corrected chi connectivity index (χ4v) is 2.19. The number of aromatic nitrogens is 1. The average molecular weight is 242 g/mol. The van der Waals surface area contributed by atoms with Gasteiger partial charge in [-0.15, -0.1) is 6.58 Å². The lowest BCUT2D eigenvalue weighted by Gasteiger charge is -2.06. The standard InChI is InChI=1S/C16H22N2/c1-4-5-10-18-12-14(11-17-13(2)3)15-8-6-7-9-16(15)18/h4,6-9,12-13,17H,1,5,10-11H2,2-3H3. The SMILES string of the molecule is C=CCCn1cc(CNC(C)C)c2ccccc21. The maximum atomic E-state index is 3.80. The molecule has 0 spiro atoms. The molecule has 1 aromatic carbocycles. The maximum Gasteiger partial charge on any atom is 0.0483 e. The number of benzene rings is 1. The Morgan fingerprint density at radius 2 is 2.11 bits per heavy atom.